The van der Waals surface area contributed by atoms with Crippen molar-refractivity contribution in [3.63, 3.8) is 0 Å². The van der Waals surface area contributed by atoms with Crippen molar-refractivity contribution >= 4 is 28.4 Å². The number of hydrogen-bond donors (Lipinski definition) is 1. The molecule has 6 heteroatoms. The first-order valence-electron chi connectivity index (χ1n) is 9.32. The number of halogens is 1. The summed E-state index contributed by atoms with van der Waals surface area (Å²) in [6, 6.07) is 15.5. The minimum atomic E-state index is -0.518. The third-order valence-corrected chi connectivity index (χ3v) is 5.15. The van der Waals surface area contributed by atoms with E-state index in [1.54, 1.807) is 23.2 Å². The van der Waals surface area contributed by atoms with Crippen molar-refractivity contribution in [3.8, 4) is 0 Å². The summed E-state index contributed by atoms with van der Waals surface area (Å²) in [5.74, 6) is -1.11. The molecule has 142 valence electrons. The van der Waals surface area contributed by atoms with E-state index in [1.165, 1.54) is 12.1 Å². The van der Waals surface area contributed by atoms with E-state index in [1.807, 2.05) is 30.3 Å². The predicted molar refractivity (Wildman–Crippen MR) is 105 cm³/mol. The lowest BCUT2D eigenvalue weighted by Crippen LogP contribution is -2.41. The van der Waals surface area contributed by atoms with Crippen molar-refractivity contribution in [2.45, 2.75) is 12.8 Å². The van der Waals surface area contributed by atoms with E-state index in [0.717, 1.165) is 10.9 Å². The van der Waals surface area contributed by atoms with Crippen molar-refractivity contribution in [1.82, 2.24) is 9.88 Å². The molecule has 0 saturated carbocycles. The quantitative estimate of drug-likeness (QED) is 0.754. The van der Waals surface area contributed by atoms with Gasteiger partial charge in [0.15, 0.2) is 0 Å². The standard InChI is InChI=1S/C22H20FN3O2/c23-18-8-2-1-7-17(18)22(28)26-13-10-16(11-14-26)21(27)25-19-9-3-5-15-6-4-12-24-20(15)19/h1-9,12,16H,10-11,13-14H2,(H,25,27). The summed E-state index contributed by atoms with van der Waals surface area (Å²) in [7, 11) is 0. The van der Waals surface area contributed by atoms with Crippen LogP contribution in [0.4, 0.5) is 10.1 Å². The van der Waals surface area contributed by atoms with Gasteiger partial charge in [-0.1, -0.05) is 30.3 Å². The number of carbonyl (C=O) groups is 2. The van der Waals surface area contributed by atoms with E-state index >= 15 is 0 Å². The number of piperidine rings is 1. The number of nitrogens with one attached hydrogen (secondary N) is 1. The Labute approximate surface area is 162 Å². The molecular weight excluding hydrogens is 357 g/mol. The second kappa shape index (κ2) is 7.76. The maximum atomic E-state index is 13.9. The van der Waals surface area contributed by atoms with Crippen LogP contribution in [0.2, 0.25) is 0 Å². The molecule has 0 bridgehead atoms. The van der Waals surface area contributed by atoms with Gasteiger partial charge in [-0.05, 0) is 37.1 Å². The number of rotatable bonds is 3. The minimum Gasteiger partial charge on any atom is -0.339 e. The van der Waals surface area contributed by atoms with Gasteiger partial charge >= 0.3 is 0 Å². The zero-order chi connectivity index (χ0) is 19.5. The Morgan fingerprint density at radius 2 is 1.75 bits per heavy atom. The summed E-state index contributed by atoms with van der Waals surface area (Å²) < 4.78 is 13.9. The van der Waals surface area contributed by atoms with Gasteiger partial charge in [0.05, 0.1) is 16.8 Å². The summed E-state index contributed by atoms with van der Waals surface area (Å²) in [5, 5.41) is 3.94. The average Bonchev–Trinajstić information content (AvgIpc) is 2.74. The summed E-state index contributed by atoms with van der Waals surface area (Å²) in [6.07, 6.45) is 2.79. The van der Waals surface area contributed by atoms with Gasteiger partial charge in [0.25, 0.3) is 5.91 Å². The first-order valence-corrected chi connectivity index (χ1v) is 9.32. The van der Waals surface area contributed by atoms with Gasteiger partial charge < -0.3 is 10.2 Å². The lowest BCUT2D eigenvalue weighted by atomic mass is 9.95. The topological polar surface area (TPSA) is 62.3 Å². The van der Waals surface area contributed by atoms with Crippen LogP contribution in [0, 0.1) is 11.7 Å². The summed E-state index contributed by atoms with van der Waals surface area (Å²) in [4.78, 5) is 31.2. The normalized spacial score (nSPS) is 14.8. The molecule has 3 aromatic rings. The molecule has 0 unspecified atom stereocenters. The fourth-order valence-electron chi connectivity index (χ4n) is 3.59. The van der Waals surface area contributed by atoms with Gasteiger partial charge in [0.1, 0.15) is 5.82 Å². The van der Waals surface area contributed by atoms with E-state index in [-0.39, 0.29) is 23.3 Å². The number of fused-ring (bicyclic) bond motifs is 1. The van der Waals surface area contributed by atoms with Crippen molar-refractivity contribution < 1.29 is 14.0 Å². The molecule has 0 spiro atoms. The lowest BCUT2D eigenvalue weighted by molar-refractivity contribution is -0.121. The molecule has 0 aliphatic carbocycles. The van der Waals surface area contributed by atoms with E-state index < -0.39 is 5.82 Å². The Morgan fingerprint density at radius 3 is 2.54 bits per heavy atom. The predicted octanol–water partition coefficient (Wildman–Crippen LogP) is 3.86. The summed E-state index contributed by atoms with van der Waals surface area (Å²) in [6.45, 7) is 0.859. The first kappa shape index (κ1) is 18.1. The van der Waals surface area contributed by atoms with Crippen LogP contribution in [0.25, 0.3) is 10.9 Å². The third kappa shape index (κ3) is 3.58. The lowest BCUT2D eigenvalue weighted by Gasteiger charge is -2.31. The number of anilines is 1. The second-order valence-corrected chi connectivity index (χ2v) is 6.92. The molecule has 4 rings (SSSR count). The van der Waals surface area contributed by atoms with Gasteiger partial charge in [-0.15, -0.1) is 0 Å². The van der Waals surface area contributed by atoms with E-state index in [9.17, 15) is 14.0 Å². The Kier molecular flexibility index (Phi) is 5.02. The molecular formula is C22H20FN3O2. The van der Waals surface area contributed by atoms with Crippen LogP contribution in [0.15, 0.2) is 60.8 Å². The highest BCUT2D eigenvalue weighted by molar-refractivity contribution is 6.01. The van der Waals surface area contributed by atoms with Gasteiger partial charge in [-0.2, -0.15) is 0 Å². The number of benzene rings is 2. The number of nitrogens with zero attached hydrogens (tertiary/aromatic N) is 2. The van der Waals surface area contributed by atoms with Crippen LogP contribution >= 0.6 is 0 Å². The molecule has 5 nitrogen and oxygen atoms in total. The minimum absolute atomic E-state index is 0.0730. The first-order chi connectivity index (χ1) is 13.6. The molecule has 2 heterocycles. The smallest absolute Gasteiger partial charge is 0.256 e. The molecule has 2 amide bonds. The maximum Gasteiger partial charge on any atom is 0.256 e. The van der Waals surface area contributed by atoms with E-state index in [2.05, 4.69) is 10.3 Å². The highest BCUT2D eigenvalue weighted by Crippen LogP contribution is 2.24. The van der Waals surface area contributed by atoms with Gasteiger partial charge in [-0.25, -0.2) is 4.39 Å². The molecule has 1 aromatic heterocycles. The van der Waals surface area contributed by atoms with Gasteiger partial charge in [0, 0.05) is 30.6 Å². The highest BCUT2D eigenvalue weighted by Gasteiger charge is 2.29. The monoisotopic (exact) mass is 377 g/mol. The molecule has 1 aliphatic heterocycles. The van der Waals surface area contributed by atoms with Crippen molar-refractivity contribution in [3.05, 3.63) is 72.2 Å². The van der Waals surface area contributed by atoms with Crippen LogP contribution in [-0.4, -0.2) is 34.8 Å². The molecule has 1 N–H and O–H groups in total. The average molecular weight is 377 g/mol. The third-order valence-electron chi connectivity index (χ3n) is 5.15. The fraction of sp³-hybridized carbons (Fsp3) is 0.227. The SMILES string of the molecule is O=C(Nc1cccc2cccnc12)C1CCN(C(=O)c2ccccc2F)CC1. The zero-order valence-electron chi connectivity index (χ0n) is 15.3. The largest absolute Gasteiger partial charge is 0.339 e. The van der Waals surface area contributed by atoms with Crippen LogP contribution in [-0.2, 0) is 4.79 Å². The molecule has 1 fully saturated rings. The van der Waals surface area contributed by atoms with Crippen LogP contribution in [0.1, 0.15) is 23.2 Å². The Bertz CT molecular complexity index is 1020. The van der Waals surface area contributed by atoms with Gasteiger partial charge in [0.2, 0.25) is 5.91 Å². The Balaban J connectivity index is 1.40. The fourth-order valence-corrected chi connectivity index (χ4v) is 3.59. The summed E-state index contributed by atoms with van der Waals surface area (Å²) >= 11 is 0. The van der Waals surface area contributed by atoms with Crippen molar-refractivity contribution in [2.75, 3.05) is 18.4 Å². The number of carbonyl (C=O) groups excluding carboxylic acids is 2. The highest BCUT2D eigenvalue weighted by atomic mass is 19.1. The number of pyridine rings is 1. The molecule has 0 radical (unpaired) electrons. The number of hydrogen-bond acceptors (Lipinski definition) is 3. The molecule has 28 heavy (non-hydrogen) atoms. The number of likely N-dealkylation sites (tertiary alicyclic amines) is 1. The van der Waals surface area contributed by atoms with Crippen LogP contribution in [0.5, 0.6) is 0 Å². The number of para-hydroxylation sites is 1. The van der Waals surface area contributed by atoms with E-state index in [0.29, 0.717) is 31.6 Å². The second-order valence-electron chi connectivity index (χ2n) is 6.92. The Hall–Kier alpha value is -3.28. The van der Waals surface area contributed by atoms with Crippen molar-refractivity contribution in [2.24, 2.45) is 5.92 Å². The molecule has 1 aliphatic rings. The number of aromatic nitrogens is 1. The summed E-state index contributed by atoms with van der Waals surface area (Å²) in [5.41, 5.74) is 1.52. The molecule has 2 aromatic carbocycles. The maximum absolute atomic E-state index is 13.9. The van der Waals surface area contributed by atoms with E-state index in [4.69, 9.17) is 0 Å². The molecule has 0 atom stereocenters. The molecule has 1 saturated heterocycles. The zero-order valence-corrected chi connectivity index (χ0v) is 15.3. The Morgan fingerprint density at radius 1 is 1.00 bits per heavy atom. The van der Waals surface area contributed by atoms with Gasteiger partial charge in [-0.3, -0.25) is 14.6 Å². The van der Waals surface area contributed by atoms with Crippen molar-refractivity contribution in [1.29, 1.82) is 0 Å². The number of amides is 2. The van der Waals surface area contributed by atoms with Crippen LogP contribution in [0.3, 0.4) is 0 Å². The van der Waals surface area contributed by atoms with Crippen LogP contribution < -0.4 is 5.32 Å².